The topological polar surface area (TPSA) is 77.1 Å². The Morgan fingerprint density at radius 1 is 1.04 bits per heavy atom. The molecule has 2 aromatic carbocycles. The Labute approximate surface area is 275 Å². The van der Waals surface area contributed by atoms with Gasteiger partial charge >= 0.3 is 0 Å². The molecule has 7 nitrogen and oxygen atoms in total. The summed E-state index contributed by atoms with van der Waals surface area (Å²) < 4.78 is 11.0. The largest absolute Gasteiger partial charge is 0.395 e. The first-order valence-corrected chi connectivity index (χ1v) is 17.7. The number of aliphatic hydroxyl groups is 2. The maximum atomic E-state index is 13.3. The number of hydrogen-bond donors (Lipinski definition) is 2. The van der Waals surface area contributed by atoms with Crippen molar-refractivity contribution in [2.75, 3.05) is 37.7 Å². The number of hydrogen-bond acceptors (Lipinski definition) is 6. The second-order valence-electron chi connectivity index (χ2n) is 14.5. The van der Waals surface area contributed by atoms with Crippen molar-refractivity contribution in [2.24, 2.45) is 11.3 Å². The average molecular weight is 639 g/mol. The van der Waals surface area contributed by atoms with Gasteiger partial charge in [0, 0.05) is 71.4 Å². The van der Waals surface area contributed by atoms with Gasteiger partial charge in [0.05, 0.1) is 25.4 Å². The van der Waals surface area contributed by atoms with Gasteiger partial charge in [0.1, 0.15) is 4.70 Å². The monoisotopic (exact) mass is 638 g/mol. The van der Waals surface area contributed by atoms with Gasteiger partial charge in [0.15, 0.2) is 6.54 Å². The number of allylic oxidation sites excluding steroid dienone is 2. The van der Waals surface area contributed by atoms with Crippen molar-refractivity contribution in [1.82, 2.24) is 4.90 Å². The fourth-order valence-corrected chi connectivity index (χ4v) is 10.3. The highest BCUT2D eigenvalue weighted by Crippen LogP contribution is 2.56. The molecule has 4 atom stereocenters. The van der Waals surface area contributed by atoms with Crippen LogP contribution < -0.4 is 9.47 Å². The molecule has 0 saturated carbocycles. The van der Waals surface area contributed by atoms with Crippen LogP contribution in [0.1, 0.15) is 57.0 Å². The second-order valence-corrected chi connectivity index (χ2v) is 15.5. The van der Waals surface area contributed by atoms with Crippen molar-refractivity contribution >= 4 is 38.7 Å². The lowest BCUT2D eigenvalue weighted by atomic mass is 9.66. The third kappa shape index (κ3) is 4.55. The van der Waals surface area contributed by atoms with E-state index in [1.54, 1.807) is 4.90 Å². The Bertz CT molecular complexity index is 1810. The smallest absolute Gasteiger partial charge is 0.266 e. The van der Waals surface area contributed by atoms with Gasteiger partial charge < -0.3 is 24.7 Å². The zero-order valence-electron chi connectivity index (χ0n) is 27.0. The number of thiazole rings is 1. The summed E-state index contributed by atoms with van der Waals surface area (Å²) in [7, 11) is 0. The molecule has 4 unspecified atom stereocenters. The molecular formula is C38H44N3O4S+. The number of amides is 1. The minimum absolute atomic E-state index is 0.0283. The molecule has 240 valence electrons. The van der Waals surface area contributed by atoms with Crippen LogP contribution in [-0.4, -0.2) is 66.1 Å². The van der Waals surface area contributed by atoms with Crippen LogP contribution in [0.2, 0.25) is 0 Å². The van der Waals surface area contributed by atoms with Crippen LogP contribution in [0.15, 0.2) is 77.5 Å². The van der Waals surface area contributed by atoms with E-state index in [0.717, 1.165) is 25.9 Å². The van der Waals surface area contributed by atoms with Crippen molar-refractivity contribution in [1.29, 1.82) is 0 Å². The van der Waals surface area contributed by atoms with Crippen LogP contribution in [0.5, 0.6) is 0 Å². The molecule has 0 saturated heterocycles. The Kier molecular flexibility index (Phi) is 7.29. The van der Waals surface area contributed by atoms with Crippen LogP contribution in [0.25, 0.3) is 15.8 Å². The van der Waals surface area contributed by atoms with Crippen LogP contribution in [-0.2, 0) is 21.5 Å². The van der Waals surface area contributed by atoms with Gasteiger partial charge in [-0.05, 0) is 61.6 Å². The van der Waals surface area contributed by atoms with Crippen LogP contribution in [0, 0.1) is 11.3 Å². The Hall–Kier alpha value is -3.30. The molecule has 3 aromatic rings. The number of aliphatic hydroxyl groups excluding tert-OH is 2. The predicted molar refractivity (Wildman–Crippen MR) is 181 cm³/mol. The van der Waals surface area contributed by atoms with Crippen molar-refractivity contribution in [3.05, 3.63) is 88.1 Å². The standard InChI is InChI=1S/C38H44N3O4S/c1-37(2)23-41-30-10-6-7-11-33(30)46-36(41)25-20-24-21-26-31(45-32(24)22-28(25)37)13-15-40-29-9-5-4-8-27(29)38(3,35(26)40)14-12-34(44)39(16-18-42)17-19-43/h4-11,20-21,28,31-32,42-43H,12-19,22-23H2,1-3H3/q+1. The molecule has 0 radical (unpaired) electrons. The maximum Gasteiger partial charge on any atom is 0.266 e. The Balaban J connectivity index is 1.23. The highest BCUT2D eigenvalue weighted by molar-refractivity contribution is 7.19. The Morgan fingerprint density at radius 2 is 1.80 bits per heavy atom. The number of aromatic nitrogens is 1. The lowest BCUT2D eigenvalue weighted by Gasteiger charge is -2.46. The van der Waals surface area contributed by atoms with E-state index in [0.29, 0.717) is 18.8 Å². The molecule has 8 heteroatoms. The van der Waals surface area contributed by atoms with Crippen LogP contribution >= 0.6 is 11.3 Å². The average Bonchev–Trinajstić information content (AvgIpc) is 3.55. The van der Waals surface area contributed by atoms with Crippen LogP contribution in [0.4, 0.5) is 5.69 Å². The van der Waals surface area contributed by atoms with E-state index in [2.05, 4.69) is 90.9 Å². The first-order chi connectivity index (χ1) is 22.2. The van der Waals surface area contributed by atoms with Gasteiger partial charge in [-0.15, -0.1) is 0 Å². The summed E-state index contributed by atoms with van der Waals surface area (Å²) in [5.41, 5.74) is 8.77. The van der Waals surface area contributed by atoms with Gasteiger partial charge in [0.25, 0.3) is 5.01 Å². The maximum absolute atomic E-state index is 13.3. The third-order valence-corrected chi connectivity index (χ3v) is 12.5. The summed E-state index contributed by atoms with van der Waals surface area (Å²) in [6, 6.07) is 17.4. The number of rotatable bonds is 7. The fourth-order valence-electron chi connectivity index (χ4n) is 9.03. The minimum Gasteiger partial charge on any atom is -0.395 e. The molecule has 0 fully saturated rings. The van der Waals surface area contributed by atoms with Crippen molar-refractivity contribution < 1.29 is 24.3 Å². The molecule has 2 N–H and O–H groups in total. The molecule has 0 spiro atoms. The summed E-state index contributed by atoms with van der Waals surface area (Å²) in [4.78, 5) is 17.4. The number of carbonyl (C=O) groups excluding carboxylic acids is 1. The summed E-state index contributed by atoms with van der Waals surface area (Å²) >= 11 is 1.91. The van der Waals surface area contributed by atoms with Gasteiger partial charge in [-0.25, -0.2) is 0 Å². The summed E-state index contributed by atoms with van der Waals surface area (Å²) in [6.07, 6.45) is 7.92. The van der Waals surface area contributed by atoms with E-state index in [-0.39, 0.29) is 55.2 Å². The van der Waals surface area contributed by atoms with E-state index >= 15 is 0 Å². The number of benzene rings is 2. The minimum atomic E-state index is -0.372. The number of para-hydroxylation sites is 2. The van der Waals surface area contributed by atoms with Gasteiger partial charge in [-0.2, -0.15) is 4.57 Å². The first kappa shape index (κ1) is 30.1. The van der Waals surface area contributed by atoms with Gasteiger partial charge in [0.2, 0.25) is 11.4 Å². The zero-order chi connectivity index (χ0) is 31.8. The van der Waals surface area contributed by atoms with E-state index < -0.39 is 0 Å². The quantitative estimate of drug-likeness (QED) is 0.341. The number of ether oxygens (including phenoxy) is 1. The molecule has 46 heavy (non-hydrogen) atoms. The number of nitrogens with zero attached hydrogens (tertiary/aromatic N) is 3. The SMILES string of the molecule is CC1(CCC(=O)N(CCO)CCO)C2=C3C=C4C=C5c6sc7ccccc7[n+]6CC(C)(C)C5CC4OC3CCN2c2ccccc21. The van der Waals surface area contributed by atoms with Gasteiger partial charge in [-0.1, -0.05) is 55.5 Å². The van der Waals surface area contributed by atoms with E-state index in [1.807, 2.05) is 11.3 Å². The third-order valence-electron chi connectivity index (χ3n) is 11.3. The molecular weight excluding hydrogens is 595 g/mol. The van der Waals surface area contributed by atoms with E-state index in [9.17, 15) is 15.0 Å². The van der Waals surface area contributed by atoms with E-state index in [4.69, 9.17) is 4.74 Å². The lowest BCUT2D eigenvalue weighted by molar-refractivity contribution is -0.688. The van der Waals surface area contributed by atoms with Crippen molar-refractivity contribution in [2.45, 2.75) is 70.6 Å². The molecule has 8 rings (SSSR count). The first-order valence-electron chi connectivity index (χ1n) is 16.8. The zero-order valence-corrected chi connectivity index (χ0v) is 27.9. The summed E-state index contributed by atoms with van der Waals surface area (Å²) in [6.45, 7) is 9.27. The summed E-state index contributed by atoms with van der Waals surface area (Å²) in [5.74, 6) is 0.404. The number of anilines is 1. The highest BCUT2D eigenvalue weighted by Gasteiger charge is 2.52. The predicted octanol–water partition coefficient (Wildman–Crippen LogP) is 5.35. The van der Waals surface area contributed by atoms with Crippen molar-refractivity contribution in [3.8, 4) is 0 Å². The normalized spacial score (nSPS) is 27.2. The van der Waals surface area contributed by atoms with Crippen molar-refractivity contribution in [3.63, 3.8) is 0 Å². The van der Waals surface area contributed by atoms with E-state index in [1.165, 1.54) is 48.9 Å². The lowest BCUT2D eigenvalue weighted by Crippen LogP contribution is -2.53. The Morgan fingerprint density at radius 3 is 2.61 bits per heavy atom. The fraction of sp³-hybridized carbons (Fsp3) is 0.474. The molecule has 0 bridgehead atoms. The second kappa shape index (κ2) is 11.2. The molecule has 5 aliphatic rings. The molecule has 1 amide bonds. The molecule has 1 aliphatic carbocycles. The summed E-state index contributed by atoms with van der Waals surface area (Å²) in [5, 5.41) is 20.4. The molecule has 5 heterocycles. The molecule has 1 aromatic heterocycles. The molecule has 4 aliphatic heterocycles. The number of carbonyl (C=O) groups is 1. The van der Waals surface area contributed by atoms with Crippen LogP contribution in [0.3, 0.4) is 0 Å². The van der Waals surface area contributed by atoms with Gasteiger partial charge in [-0.3, -0.25) is 4.79 Å². The highest BCUT2D eigenvalue weighted by atomic mass is 32.1. The number of fused-ring (bicyclic) bond motifs is 10.